The van der Waals surface area contributed by atoms with Gasteiger partial charge in [-0.05, 0) is 37.1 Å². The van der Waals surface area contributed by atoms with Crippen molar-refractivity contribution in [3.8, 4) is 11.3 Å². The van der Waals surface area contributed by atoms with Crippen molar-refractivity contribution in [2.45, 2.75) is 31.6 Å². The molecule has 134 valence electrons. The number of furan rings is 1. The summed E-state index contributed by atoms with van der Waals surface area (Å²) in [4.78, 5) is 23.2. The van der Waals surface area contributed by atoms with Gasteiger partial charge in [-0.25, -0.2) is 4.98 Å². The molecule has 0 spiro atoms. The Balaban J connectivity index is 1.31. The summed E-state index contributed by atoms with van der Waals surface area (Å²) < 4.78 is 5.30. The molecule has 1 aliphatic rings. The second-order valence-corrected chi connectivity index (χ2v) is 7.43. The predicted octanol–water partition coefficient (Wildman–Crippen LogP) is 4.14. The molecule has 0 N–H and O–H groups in total. The van der Waals surface area contributed by atoms with Crippen molar-refractivity contribution in [2.24, 2.45) is 0 Å². The van der Waals surface area contributed by atoms with Crippen LogP contribution in [0.5, 0.6) is 0 Å². The molecule has 0 saturated carbocycles. The molecule has 0 atom stereocenters. The van der Waals surface area contributed by atoms with Gasteiger partial charge in [0.2, 0.25) is 5.91 Å². The Morgan fingerprint density at radius 3 is 2.77 bits per heavy atom. The normalized spacial score (nSPS) is 15.3. The molecular weight excluding hydrogens is 346 g/mol. The van der Waals surface area contributed by atoms with Gasteiger partial charge in [0.25, 0.3) is 0 Å². The van der Waals surface area contributed by atoms with Crippen molar-refractivity contribution < 1.29 is 9.21 Å². The quantitative estimate of drug-likeness (QED) is 0.680. The minimum absolute atomic E-state index is 0.219. The third kappa shape index (κ3) is 3.85. The van der Waals surface area contributed by atoms with Crippen molar-refractivity contribution in [3.63, 3.8) is 0 Å². The number of amides is 1. The third-order valence-corrected chi connectivity index (χ3v) is 5.87. The molecule has 1 aliphatic heterocycles. The molecule has 0 aliphatic carbocycles. The van der Waals surface area contributed by atoms with E-state index in [1.54, 1.807) is 30.0 Å². The summed E-state index contributed by atoms with van der Waals surface area (Å²) in [7, 11) is 0. The van der Waals surface area contributed by atoms with E-state index in [0.29, 0.717) is 18.8 Å². The van der Waals surface area contributed by atoms with Gasteiger partial charge in [0, 0.05) is 55.2 Å². The molecular formula is C20H21N3O2S. The summed E-state index contributed by atoms with van der Waals surface area (Å²) in [6, 6.07) is 7.75. The number of hydrogen-bond acceptors (Lipinski definition) is 5. The molecule has 1 fully saturated rings. The Hall–Kier alpha value is -2.47. The van der Waals surface area contributed by atoms with E-state index in [0.717, 1.165) is 42.9 Å². The van der Waals surface area contributed by atoms with Crippen LogP contribution >= 0.6 is 11.3 Å². The van der Waals surface area contributed by atoms with Crippen molar-refractivity contribution in [1.82, 2.24) is 14.9 Å². The van der Waals surface area contributed by atoms with E-state index in [1.165, 1.54) is 5.01 Å². The van der Waals surface area contributed by atoms with Crippen LogP contribution in [-0.2, 0) is 11.2 Å². The van der Waals surface area contributed by atoms with Gasteiger partial charge in [0.1, 0.15) is 5.76 Å². The van der Waals surface area contributed by atoms with E-state index in [1.807, 2.05) is 29.2 Å². The van der Waals surface area contributed by atoms with Crippen LogP contribution in [0.2, 0.25) is 0 Å². The van der Waals surface area contributed by atoms with Crippen molar-refractivity contribution in [3.05, 3.63) is 59.1 Å². The molecule has 1 saturated heterocycles. The van der Waals surface area contributed by atoms with E-state index in [2.05, 4.69) is 10.4 Å². The lowest BCUT2D eigenvalue weighted by atomic mass is 9.97. The number of piperidine rings is 1. The second kappa shape index (κ2) is 7.83. The predicted molar refractivity (Wildman–Crippen MR) is 101 cm³/mol. The van der Waals surface area contributed by atoms with Crippen LogP contribution in [0.3, 0.4) is 0 Å². The molecule has 3 aromatic heterocycles. The van der Waals surface area contributed by atoms with Gasteiger partial charge >= 0.3 is 0 Å². The number of likely N-dealkylation sites (tertiary alicyclic amines) is 1. The highest BCUT2D eigenvalue weighted by Crippen LogP contribution is 2.32. The van der Waals surface area contributed by atoms with E-state index >= 15 is 0 Å². The number of aryl methyl sites for hydroxylation is 1. The van der Waals surface area contributed by atoms with Crippen LogP contribution in [0.1, 0.15) is 35.9 Å². The molecule has 0 aromatic carbocycles. The number of carbonyl (C=O) groups is 1. The Morgan fingerprint density at radius 1 is 1.23 bits per heavy atom. The average Bonchev–Trinajstić information content (AvgIpc) is 3.39. The van der Waals surface area contributed by atoms with Gasteiger partial charge < -0.3 is 9.32 Å². The largest absolute Gasteiger partial charge is 0.469 e. The molecule has 26 heavy (non-hydrogen) atoms. The zero-order chi connectivity index (χ0) is 17.8. The number of thiazole rings is 1. The van der Waals surface area contributed by atoms with E-state index in [-0.39, 0.29) is 5.91 Å². The molecule has 0 bridgehead atoms. The molecule has 4 rings (SSSR count). The zero-order valence-electron chi connectivity index (χ0n) is 14.5. The highest BCUT2D eigenvalue weighted by atomic mass is 32.1. The van der Waals surface area contributed by atoms with E-state index in [9.17, 15) is 4.79 Å². The summed E-state index contributed by atoms with van der Waals surface area (Å²) in [6.45, 7) is 1.62. The highest BCUT2D eigenvalue weighted by Gasteiger charge is 2.25. The lowest BCUT2D eigenvalue weighted by molar-refractivity contribution is -0.132. The van der Waals surface area contributed by atoms with E-state index < -0.39 is 0 Å². The Bertz CT molecular complexity index is 837. The molecule has 3 aromatic rings. The lowest BCUT2D eigenvalue weighted by Gasteiger charge is -2.31. The van der Waals surface area contributed by atoms with Crippen LogP contribution in [0, 0.1) is 0 Å². The smallest absolute Gasteiger partial charge is 0.223 e. The number of hydrogen-bond donors (Lipinski definition) is 0. The fourth-order valence-electron chi connectivity index (χ4n) is 3.35. The molecule has 4 heterocycles. The average molecular weight is 367 g/mol. The first-order valence-electron chi connectivity index (χ1n) is 8.95. The van der Waals surface area contributed by atoms with Crippen LogP contribution in [0.15, 0.2) is 52.7 Å². The molecule has 1 amide bonds. The standard InChI is InChI=1S/C20H21N3O2S/c24-19(4-3-17-2-1-13-25-17)23-11-7-16(8-12-23)20-22-18(14-26-20)15-5-9-21-10-6-15/h1-2,5-6,9-10,13-14,16H,3-4,7-8,11-12H2. The van der Waals surface area contributed by atoms with Crippen LogP contribution < -0.4 is 0 Å². The van der Waals surface area contributed by atoms with Crippen molar-refractivity contribution in [1.29, 1.82) is 0 Å². The SMILES string of the molecule is O=C(CCc1ccco1)N1CCC(c2nc(-c3ccncc3)cs2)CC1. The van der Waals surface area contributed by atoms with Crippen molar-refractivity contribution in [2.75, 3.05) is 13.1 Å². The Kier molecular flexibility index (Phi) is 5.11. The number of carbonyl (C=O) groups excluding carboxylic acids is 1. The van der Waals surface area contributed by atoms with Crippen molar-refractivity contribution >= 4 is 17.2 Å². The van der Waals surface area contributed by atoms with Gasteiger partial charge in [-0.1, -0.05) is 0 Å². The Labute approximate surface area is 156 Å². The van der Waals surface area contributed by atoms with Gasteiger partial charge in [-0.3, -0.25) is 9.78 Å². The van der Waals surface area contributed by atoms with Gasteiger partial charge in [0.05, 0.1) is 17.0 Å². The fourth-order valence-corrected chi connectivity index (χ4v) is 4.35. The second-order valence-electron chi connectivity index (χ2n) is 6.54. The van der Waals surface area contributed by atoms with Gasteiger partial charge in [-0.15, -0.1) is 11.3 Å². The van der Waals surface area contributed by atoms with Crippen LogP contribution in [0.25, 0.3) is 11.3 Å². The van der Waals surface area contributed by atoms with E-state index in [4.69, 9.17) is 9.40 Å². The minimum atomic E-state index is 0.219. The van der Waals surface area contributed by atoms with Crippen LogP contribution in [-0.4, -0.2) is 33.9 Å². The molecule has 0 unspecified atom stereocenters. The molecule has 0 radical (unpaired) electrons. The highest BCUT2D eigenvalue weighted by molar-refractivity contribution is 7.10. The fraction of sp³-hybridized carbons (Fsp3) is 0.350. The minimum Gasteiger partial charge on any atom is -0.469 e. The number of rotatable bonds is 5. The summed E-state index contributed by atoms with van der Waals surface area (Å²) in [6.07, 6.45) is 8.39. The first-order chi connectivity index (χ1) is 12.8. The lowest BCUT2D eigenvalue weighted by Crippen LogP contribution is -2.38. The topological polar surface area (TPSA) is 59.2 Å². The number of nitrogens with zero attached hydrogens (tertiary/aromatic N) is 3. The third-order valence-electron chi connectivity index (χ3n) is 4.86. The Morgan fingerprint density at radius 2 is 2.04 bits per heavy atom. The van der Waals surface area contributed by atoms with Crippen LogP contribution in [0.4, 0.5) is 0 Å². The monoisotopic (exact) mass is 367 g/mol. The van der Waals surface area contributed by atoms with Gasteiger partial charge in [0.15, 0.2) is 0 Å². The first kappa shape index (κ1) is 17.0. The maximum absolute atomic E-state index is 12.4. The zero-order valence-corrected chi connectivity index (χ0v) is 15.3. The number of aromatic nitrogens is 2. The maximum atomic E-state index is 12.4. The summed E-state index contributed by atoms with van der Waals surface area (Å²) in [5, 5.41) is 3.30. The first-order valence-corrected chi connectivity index (χ1v) is 9.83. The maximum Gasteiger partial charge on any atom is 0.223 e. The molecule has 6 heteroatoms. The molecule has 5 nitrogen and oxygen atoms in total. The summed E-state index contributed by atoms with van der Waals surface area (Å²) >= 11 is 1.72. The summed E-state index contributed by atoms with van der Waals surface area (Å²) in [5.74, 6) is 1.54. The number of pyridine rings is 1. The summed E-state index contributed by atoms with van der Waals surface area (Å²) in [5.41, 5.74) is 2.12. The van der Waals surface area contributed by atoms with Gasteiger partial charge in [-0.2, -0.15) is 0 Å².